The van der Waals surface area contributed by atoms with E-state index in [1.54, 1.807) is 36.8 Å². The van der Waals surface area contributed by atoms with Crippen molar-refractivity contribution in [2.75, 3.05) is 25.6 Å². The molecule has 0 fully saturated rings. The first-order valence-electron chi connectivity index (χ1n) is 5.24. The van der Waals surface area contributed by atoms with Gasteiger partial charge in [0.1, 0.15) is 5.82 Å². The molecule has 0 saturated heterocycles. The molecule has 0 saturated carbocycles. The van der Waals surface area contributed by atoms with E-state index in [0.717, 1.165) is 22.1 Å². The standard InChI is InChI=1S/C12H13FN2OS/c1-16-7-6-14-12-15-8-11(17-12)9-2-4-10(13)5-3-9/h2-5,8H,6-7H2,1H3,(H,14,15). The zero-order valence-corrected chi connectivity index (χ0v) is 10.3. The third-order valence-corrected chi connectivity index (χ3v) is 3.22. The van der Waals surface area contributed by atoms with Gasteiger partial charge in [-0.25, -0.2) is 9.37 Å². The molecule has 0 aliphatic carbocycles. The van der Waals surface area contributed by atoms with Crippen LogP contribution in [0.1, 0.15) is 0 Å². The van der Waals surface area contributed by atoms with Gasteiger partial charge in [-0.15, -0.1) is 0 Å². The maximum atomic E-state index is 12.8. The van der Waals surface area contributed by atoms with Gasteiger partial charge in [0.25, 0.3) is 0 Å². The molecule has 17 heavy (non-hydrogen) atoms. The predicted molar refractivity (Wildman–Crippen MR) is 67.9 cm³/mol. The molecule has 5 heteroatoms. The van der Waals surface area contributed by atoms with Crippen molar-refractivity contribution in [2.24, 2.45) is 0 Å². The van der Waals surface area contributed by atoms with Crippen molar-refractivity contribution in [1.29, 1.82) is 0 Å². The van der Waals surface area contributed by atoms with Crippen molar-refractivity contribution in [2.45, 2.75) is 0 Å². The molecule has 1 aromatic heterocycles. The Bertz CT molecular complexity index is 470. The third-order valence-electron chi connectivity index (χ3n) is 2.22. The van der Waals surface area contributed by atoms with E-state index in [4.69, 9.17) is 4.74 Å². The smallest absolute Gasteiger partial charge is 0.183 e. The summed E-state index contributed by atoms with van der Waals surface area (Å²) in [5.41, 5.74) is 0.976. The fraction of sp³-hybridized carbons (Fsp3) is 0.250. The number of benzene rings is 1. The van der Waals surface area contributed by atoms with Gasteiger partial charge in [-0.05, 0) is 17.7 Å². The first kappa shape index (κ1) is 12.0. The highest BCUT2D eigenvalue weighted by Crippen LogP contribution is 2.28. The summed E-state index contributed by atoms with van der Waals surface area (Å²) in [6.07, 6.45) is 1.78. The Labute approximate surface area is 103 Å². The second-order valence-electron chi connectivity index (χ2n) is 3.46. The Morgan fingerprint density at radius 1 is 1.35 bits per heavy atom. The number of halogens is 1. The Morgan fingerprint density at radius 2 is 2.12 bits per heavy atom. The van der Waals surface area contributed by atoms with Crippen molar-refractivity contribution in [3.8, 4) is 10.4 Å². The molecule has 1 heterocycles. The molecule has 1 N–H and O–H groups in total. The molecule has 0 amide bonds. The number of nitrogens with zero attached hydrogens (tertiary/aromatic N) is 1. The van der Waals surface area contributed by atoms with Crippen LogP contribution in [0.15, 0.2) is 30.5 Å². The Morgan fingerprint density at radius 3 is 2.82 bits per heavy atom. The van der Waals surface area contributed by atoms with E-state index < -0.39 is 0 Å². The van der Waals surface area contributed by atoms with Crippen LogP contribution in [0.5, 0.6) is 0 Å². The van der Waals surface area contributed by atoms with E-state index >= 15 is 0 Å². The zero-order chi connectivity index (χ0) is 12.1. The van der Waals surface area contributed by atoms with Crippen molar-refractivity contribution < 1.29 is 9.13 Å². The number of methoxy groups -OCH3 is 1. The fourth-order valence-electron chi connectivity index (χ4n) is 1.36. The molecular weight excluding hydrogens is 239 g/mol. The number of ether oxygens (including phenoxy) is 1. The lowest BCUT2D eigenvalue weighted by Crippen LogP contribution is -2.06. The summed E-state index contributed by atoms with van der Waals surface area (Å²) in [6.45, 7) is 1.37. The second-order valence-corrected chi connectivity index (χ2v) is 4.49. The summed E-state index contributed by atoms with van der Waals surface area (Å²) >= 11 is 1.54. The molecule has 2 rings (SSSR count). The molecule has 0 spiro atoms. The minimum Gasteiger partial charge on any atom is -0.383 e. The quantitative estimate of drug-likeness (QED) is 0.831. The molecule has 1 aromatic carbocycles. The number of hydrogen-bond acceptors (Lipinski definition) is 4. The molecule has 0 aliphatic heterocycles. The van der Waals surface area contributed by atoms with E-state index in [1.807, 2.05) is 0 Å². The first-order valence-corrected chi connectivity index (χ1v) is 6.06. The van der Waals surface area contributed by atoms with Gasteiger partial charge in [-0.2, -0.15) is 0 Å². The Hall–Kier alpha value is -1.46. The predicted octanol–water partition coefficient (Wildman–Crippen LogP) is 3.01. The van der Waals surface area contributed by atoms with Gasteiger partial charge in [-0.1, -0.05) is 23.5 Å². The van der Waals surface area contributed by atoms with Gasteiger partial charge in [0, 0.05) is 19.9 Å². The third kappa shape index (κ3) is 3.25. The SMILES string of the molecule is COCCNc1ncc(-c2ccc(F)cc2)s1. The second kappa shape index (κ2) is 5.75. The lowest BCUT2D eigenvalue weighted by molar-refractivity contribution is 0.211. The van der Waals surface area contributed by atoms with Crippen LogP contribution < -0.4 is 5.32 Å². The van der Waals surface area contributed by atoms with E-state index in [1.165, 1.54) is 12.1 Å². The van der Waals surface area contributed by atoms with Crippen molar-refractivity contribution in [3.05, 3.63) is 36.3 Å². The van der Waals surface area contributed by atoms with Gasteiger partial charge < -0.3 is 10.1 Å². The zero-order valence-electron chi connectivity index (χ0n) is 9.44. The molecule has 90 valence electrons. The van der Waals surface area contributed by atoms with Crippen molar-refractivity contribution in [1.82, 2.24) is 4.98 Å². The number of rotatable bonds is 5. The largest absolute Gasteiger partial charge is 0.383 e. The number of hydrogen-bond donors (Lipinski definition) is 1. The Balaban J connectivity index is 2.04. The van der Waals surface area contributed by atoms with Gasteiger partial charge >= 0.3 is 0 Å². The lowest BCUT2D eigenvalue weighted by Gasteiger charge is -1.99. The number of nitrogens with one attached hydrogen (secondary N) is 1. The monoisotopic (exact) mass is 252 g/mol. The number of anilines is 1. The van der Waals surface area contributed by atoms with Crippen LogP contribution in [0, 0.1) is 5.82 Å². The fourth-order valence-corrected chi connectivity index (χ4v) is 2.21. The molecular formula is C12H13FN2OS. The van der Waals surface area contributed by atoms with Gasteiger partial charge in [0.15, 0.2) is 5.13 Å². The van der Waals surface area contributed by atoms with Gasteiger partial charge in [-0.3, -0.25) is 0 Å². The number of thiazole rings is 1. The maximum absolute atomic E-state index is 12.8. The van der Waals surface area contributed by atoms with E-state index in [0.29, 0.717) is 6.61 Å². The molecule has 3 nitrogen and oxygen atoms in total. The van der Waals surface area contributed by atoms with Crippen LogP contribution in [0.3, 0.4) is 0 Å². The average molecular weight is 252 g/mol. The number of aromatic nitrogens is 1. The summed E-state index contributed by atoms with van der Waals surface area (Å²) in [6, 6.07) is 6.41. The summed E-state index contributed by atoms with van der Waals surface area (Å²) in [5.74, 6) is -0.225. The molecule has 0 bridgehead atoms. The van der Waals surface area contributed by atoms with E-state index in [9.17, 15) is 4.39 Å². The van der Waals surface area contributed by atoms with Crippen LogP contribution in [0.4, 0.5) is 9.52 Å². The molecule has 0 unspecified atom stereocenters. The normalized spacial score (nSPS) is 10.5. The summed E-state index contributed by atoms with van der Waals surface area (Å²) in [4.78, 5) is 5.26. The highest BCUT2D eigenvalue weighted by atomic mass is 32.1. The van der Waals surface area contributed by atoms with Crippen LogP contribution >= 0.6 is 11.3 Å². The Kier molecular flexibility index (Phi) is 4.06. The highest BCUT2D eigenvalue weighted by molar-refractivity contribution is 7.18. The van der Waals surface area contributed by atoms with Crippen LogP contribution in [-0.2, 0) is 4.74 Å². The first-order chi connectivity index (χ1) is 8.29. The molecule has 0 radical (unpaired) electrons. The van der Waals surface area contributed by atoms with Gasteiger partial charge in [0.05, 0.1) is 11.5 Å². The molecule has 0 atom stereocenters. The van der Waals surface area contributed by atoms with Crippen LogP contribution in [0.2, 0.25) is 0 Å². The minimum atomic E-state index is -0.225. The van der Waals surface area contributed by atoms with E-state index in [-0.39, 0.29) is 5.82 Å². The average Bonchev–Trinajstić information content (AvgIpc) is 2.79. The van der Waals surface area contributed by atoms with Crippen molar-refractivity contribution >= 4 is 16.5 Å². The van der Waals surface area contributed by atoms with Crippen LogP contribution in [-0.4, -0.2) is 25.2 Å². The summed E-state index contributed by atoms with van der Waals surface area (Å²) < 4.78 is 17.7. The minimum absolute atomic E-state index is 0.225. The summed E-state index contributed by atoms with van der Waals surface area (Å²) in [5, 5.41) is 4.00. The highest BCUT2D eigenvalue weighted by Gasteiger charge is 2.03. The van der Waals surface area contributed by atoms with Crippen LogP contribution in [0.25, 0.3) is 10.4 Å². The topological polar surface area (TPSA) is 34.1 Å². The maximum Gasteiger partial charge on any atom is 0.183 e. The van der Waals surface area contributed by atoms with Crippen molar-refractivity contribution in [3.63, 3.8) is 0 Å². The lowest BCUT2D eigenvalue weighted by atomic mass is 10.2. The van der Waals surface area contributed by atoms with Gasteiger partial charge in [0.2, 0.25) is 0 Å². The molecule has 0 aliphatic rings. The summed E-state index contributed by atoms with van der Waals surface area (Å²) in [7, 11) is 1.66. The molecule has 2 aromatic rings. The van der Waals surface area contributed by atoms with E-state index in [2.05, 4.69) is 10.3 Å².